The zero-order valence-corrected chi connectivity index (χ0v) is 17.8. The minimum absolute atomic E-state index is 0.0116. The van der Waals surface area contributed by atoms with Gasteiger partial charge in [-0.1, -0.05) is 19.3 Å². The summed E-state index contributed by atoms with van der Waals surface area (Å²) in [7, 11) is -3.89. The van der Waals surface area contributed by atoms with E-state index in [2.05, 4.69) is 9.71 Å². The predicted molar refractivity (Wildman–Crippen MR) is 115 cm³/mol. The van der Waals surface area contributed by atoms with Crippen molar-refractivity contribution in [3.8, 4) is 5.75 Å². The van der Waals surface area contributed by atoms with Crippen molar-refractivity contribution in [3.63, 3.8) is 0 Å². The minimum atomic E-state index is -3.89. The molecule has 0 atom stereocenters. The molecule has 0 amide bonds. The Kier molecular flexibility index (Phi) is 7.15. The second kappa shape index (κ2) is 9.80. The molecule has 1 aliphatic rings. The Bertz CT molecular complexity index is 969. The number of rotatable bonds is 7. The maximum atomic E-state index is 12.7. The van der Waals surface area contributed by atoms with Crippen LogP contribution in [0.5, 0.6) is 5.75 Å². The third-order valence-electron chi connectivity index (χ3n) is 4.95. The number of aromatic carboxylic acids is 1. The summed E-state index contributed by atoms with van der Waals surface area (Å²) in [6.45, 7) is 3.81. The molecular weight excluding hydrogens is 406 g/mol. The topological polar surface area (TPSA) is 109 Å². The molecular formula is C21H27N3O5S. The molecule has 2 heterocycles. The predicted octanol–water partition coefficient (Wildman–Crippen LogP) is 3.75. The molecule has 3 rings (SSSR count). The Labute approximate surface area is 176 Å². The number of pyridine rings is 1. The van der Waals surface area contributed by atoms with Crippen LogP contribution < -0.4 is 14.4 Å². The summed E-state index contributed by atoms with van der Waals surface area (Å²) in [5.41, 5.74) is 0.0968. The second-order valence-electron chi connectivity index (χ2n) is 7.17. The van der Waals surface area contributed by atoms with Gasteiger partial charge in [0.2, 0.25) is 0 Å². The number of benzene rings is 1. The normalized spacial score (nSPS) is 15.2. The second-order valence-corrected chi connectivity index (χ2v) is 8.85. The van der Waals surface area contributed by atoms with Crippen molar-refractivity contribution in [2.75, 3.05) is 29.3 Å². The van der Waals surface area contributed by atoms with Gasteiger partial charge in [0.15, 0.2) is 0 Å². The van der Waals surface area contributed by atoms with Gasteiger partial charge in [0, 0.05) is 13.1 Å². The Morgan fingerprint density at radius 2 is 1.77 bits per heavy atom. The van der Waals surface area contributed by atoms with Crippen LogP contribution in [0.25, 0.3) is 0 Å². The van der Waals surface area contributed by atoms with E-state index < -0.39 is 16.0 Å². The summed E-state index contributed by atoms with van der Waals surface area (Å²) in [5.74, 6) is -0.182. The lowest BCUT2D eigenvalue weighted by atomic mass is 10.1. The standard InChI is InChI=1S/C21H27N3O5S/c1-2-29-17-8-10-18(11-9-17)30(27,28)23-16-14-19(21(25)26)20(22-15-16)24-12-6-4-3-5-7-13-24/h8-11,14-15,23H,2-7,12-13H2,1H3,(H,25,26). The maximum Gasteiger partial charge on any atom is 0.339 e. The highest BCUT2D eigenvalue weighted by Crippen LogP contribution is 2.26. The smallest absolute Gasteiger partial charge is 0.339 e. The van der Waals surface area contributed by atoms with Crippen LogP contribution in [0.1, 0.15) is 49.4 Å². The number of hydrogen-bond donors (Lipinski definition) is 2. The highest BCUT2D eigenvalue weighted by molar-refractivity contribution is 7.92. The molecule has 1 aromatic heterocycles. The molecule has 9 heteroatoms. The van der Waals surface area contributed by atoms with Gasteiger partial charge in [0.1, 0.15) is 17.1 Å². The van der Waals surface area contributed by atoms with Crippen molar-refractivity contribution in [1.82, 2.24) is 4.98 Å². The van der Waals surface area contributed by atoms with Crippen LogP contribution in [0.15, 0.2) is 41.4 Å². The fourth-order valence-corrected chi connectivity index (χ4v) is 4.51. The van der Waals surface area contributed by atoms with E-state index in [9.17, 15) is 18.3 Å². The van der Waals surface area contributed by atoms with Gasteiger partial charge >= 0.3 is 5.97 Å². The molecule has 0 radical (unpaired) electrons. The average Bonchev–Trinajstić information content (AvgIpc) is 2.68. The third-order valence-corrected chi connectivity index (χ3v) is 6.35. The average molecular weight is 434 g/mol. The van der Waals surface area contributed by atoms with Crippen LogP contribution in [-0.4, -0.2) is 44.2 Å². The highest BCUT2D eigenvalue weighted by Gasteiger charge is 2.21. The molecule has 0 saturated carbocycles. The van der Waals surface area contributed by atoms with Gasteiger partial charge in [-0.2, -0.15) is 0 Å². The maximum absolute atomic E-state index is 12.7. The zero-order chi connectivity index (χ0) is 21.6. The molecule has 8 nitrogen and oxygen atoms in total. The first-order chi connectivity index (χ1) is 14.4. The number of carboxylic acid groups (broad SMARTS) is 1. The molecule has 0 unspecified atom stereocenters. The fourth-order valence-electron chi connectivity index (χ4n) is 3.48. The van der Waals surface area contributed by atoms with Gasteiger partial charge < -0.3 is 14.7 Å². The van der Waals surface area contributed by atoms with Crippen molar-refractivity contribution >= 4 is 27.5 Å². The first-order valence-electron chi connectivity index (χ1n) is 10.1. The summed E-state index contributed by atoms with van der Waals surface area (Å²) in [6, 6.07) is 7.35. The molecule has 162 valence electrons. The molecule has 30 heavy (non-hydrogen) atoms. The zero-order valence-electron chi connectivity index (χ0n) is 17.0. The van der Waals surface area contributed by atoms with E-state index in [0.717, 1.165) is 38.8 Å². The largest absolute Gasteiger partial charge is 0.494 e. The van der Waals surface area contributed by atoms with Crippen LogP contribution in [0, 0.1) is 0 Å². The lowest BCUT2D eigenvalue weighted by Gasteiger charge is -2.27. The minimum Gasteiger partial charge on any atom is -0.494 e. The molecule has 1 fully saturated rings. The first-order valence-corrected chi connectivity index (χ1v) is 11.6. The fraction of sp³-hybridized carbons (Fsp3) is 0.429. The summed E-state index contributed by atoms with van der Waals surface area (Å²) < 4.78 is 33.1. The monoisotopic (exact) mass is 433 g/mol. The Morgan fingerprint density at radius 1 is 1.13 bits per heavy atom. The number of hydrogen-bond acceptors (Lipinski definition) is 6. The number of carboxylic acids is 1. The van der Waals surface area contributed by atoms with Gasteiger partial charge in [-0.3, -0.25) is 4.72 Å². The Hall–Kier alpha value is -2.81. The molecule has 0 spiro atoms. The third kappa shape index (κ3) is 5.41. The molecule has 1 aliphatic heterocycles. The SMILES string of the molecule is CCOc1ccc(S(=O)(=O)Nc2cnc(N3CCCCCCC3)c(C(=O)O)c2)cc1. The lowest BCUT2D eigenvalue weighted by molar-refractivity contribution is 0.0697. The van der Waals surface area contributed by atoms with Crippen molar-refractivity contribution in [3.05, 3.63) is 42.1 Å². The molecule has 2 N–H and O–H groups in total. The number of nitrogens with zero attached hydrogens (tertiary/aromatic N) is 2. The summed E-state index contributed by atoms with van der Waals surface area (Å²) in [5, 5.41) is 9.69. The number of anilines is 2. The quantitative estimate of drug-likeness (QED) is 0.684. The number of sulfonamides is 1. The Balaban J connectivity index is 1.83. The van der Waals surface area contributed by atoms with Gasteiger partial charge in [-0.15, -0.1) is 0 Å². The lowest BCUT2D eigenvalue weighted by Crippen LogP contribution is -2.29. The van der Waals surface area contributed by atoms with Crippen LogP contribution in [0.3, 0.4) is 0 Å². The van der Waals surface area contributed by atoms with E-state index in [1.54, 1.807) is 12.1 Å². The number of ether oxygens (including phenoxy) is 1. The van der Waals surface area contributed by atoms with Crippen molar-refractivity contribution in [2.24, 2.45) is 0 Å². The van der Waals surface area contributed by atoms with E-state index in [1.807, 2.05) is 11.8 Å². The number of carbonyl (C=O) groups is 1. The van der Waals surface area contributed by atoms with E-state index >= 15 is 0 Å². The van der Waals surface area contributed by atoms with Crippen molar-refractivity contribution in [1.29, 1.82) is 0 Å². The van der Waals surface area contributed by atoms with Crippen LogP contribution >= 0.6 is 0 Å². The molecule has 2 aromatic rings. The van der Waals surface area contributed by atoms with Crippen LogP contribution in [0.4, 0.5) is 11.5 Å². The van der Waals surface area contributed by atoms with Crippen molar-refractivity contribution in [2.45, 2.75) is 43.9 Å². The molecule has 0 aliphatic carbocycles. The van der Waals surface area contributed by atoms with Gasteiger partial charge in [-0.05, 0) is 50.1 Å². The van der Waals surface area contributed by atoms with Gasteiger partial charge in [-0.25, -0.2) is 18.2 Å². The summed E-state index contributed by atoms with van der Waals surface area (Å²) in [6.07, 6.45) is 6.74. The molecule has 1 aromatic carbocycles. The molecule has 0 bridgehead atoms. The van der Waals surface area contributed by atoms with Gasteiger partial charge in [0.25, 0.3) is 10.0 Å². The van der Waals surface area contributed by atoms with E-state index in [4.69, 9.17) is 4.74 Å². The van der Waals surface area contributed by atoms with Crippen molar-refractivity contribution < 1.29 is 23.1 Å². The summed E-state index contributed by atoms with van der Waals surface area (Å²) >= 11 is 0. The number of nitrogens with one attached hydrogen (secondary N) is 1. The van der Waals surface area contributed by atoms with E-state index in [-0.39, 0.29) is 16.1 Å². The molecule has 1 saturated heterocycles. The van der Waals surface area contributed by atoms with Crippen LogP contribution in [-0.2, 0) is 10.0 Å². The Morgan fingerprint density at radius 3 is 2.37 bits per heavy atom. The van der Waals surface area contributed by atoms with Crippen LogP contribution in [0.2, 0.25) is 0 Å². The summed E-state index contributed by atoms with van der Waals surface area (Å²) in [4.78, 5) is 18.2. The van der Waals surface area contributed by atoms with E-state index in [0.29, 0.717) is 18.2 Å². The highest BCUT2D eigenvalue weighted by atomic mass is 32.2. The first kappa shape index (κ1) is 21.9. The number of aromatic nitrogens is 1. The van der Waals surface area contributed by atoms with E-state index in [1.165, 1.54) is 30.8 Å². The van der Waals surface area contributed by atoms with Gasteiger partial charge in [0.05, 0.1) is 23.4 Å².